The quantitative estimate of drug-likeness (QED) is 0.543. The van der Waals surface area contributed by atoms with Gasteiger partial charge < -0.3 is 10.1 Å². The summed E-state index contributed by atoms with van der Waals surface area (Å²) in [6.07, 6.45) is 1.98. The Labute approximate surface area is 174 Å². The number of hydrogen-bond donors (Lipinski definition) is 2. The van der Waals surface area contributed by atoms with Gasteiger partial charge in [-0.3, -0.25) is 9.52 Å². The number of nitrogens with one attached hydrogen (secondary N) is 2. The number of thioether (sulfide) groups is 1. The van der Waals surface area contributed by atoms with Gasteiger partial charge in [0.05, 0.1) is 12.0 Å². The zero-order valence-electron chi connectivity index (χ0n) is 15.9. The maximum atomic E-state index is 12.5. The normalized spacial score (nSPS) is 11.0. The van der Waals surface area contributed by atoms with Gasteiger partial charge in [0, 0.05) is 21.8 Å². The molecule has 150 valence electrons. The molecule has 29 heavy (non-hydrogen) atoms. The topological polar surface area (TPSA) is 84.5 Å². The molecular formula is C21H20N2O4S2. The second-order valence-corrected chi connectivity index (χ2v) is 8.60. The highest BCUT2D eigenvalue weighted by Gasteiger charge is 2.15. The third-order valence-corrected chi connectivity index (χ3v) is 6.26. The molecule has 8 heteroatoms. The maximum Gasteiger partial charge on any atom is 0.261 e. The van der Waals surface area contributed by atoms with Crippen LogP contribution in [-0.2, 0) is 10.0 Å². The predicted octanol–water partition coefficient (Wildman–Crippen LogP) is 4.47. The van der Waals surface area contributed by atoms with Crippen LogP contribution in [0.2, 0.25) is 0 Å². The molecule has 0 aliphatic heterocycles. The molecule has 0 aromatic heterocycles. The number of benzene rings is 3. The molecule has 0 bridgehead atoms. The van der Waals surface area contributed by atoms with Crippen molar-refractivity contribution in [3.8, 4) is 5.75 Å². The van der Waals surface area contributed by atoms with Crippen molar-refractivity contribution in [3.63, 3.8) is 0 Å². The fourth-order valence-electron chi connectivity index (χ4n) is 2.54. The van der Waals surface area contributed by atoms with Crippen LogP contribution in [-0.4, -0.2) is 27.7 Å². The lowest BCUT2D eigenvalue weighted by Gasteiger charge is -2.10. The van der Waals surface area contributed by atoms with Crippen molar-refractivity contribution in [1.29, 1.82) is 0 Å². The van der Waals surface area contributed by atoms with Gasteiger partial charge in [-0.15, -0.1) is 11.8 Å². The van der Waals surface area contributed by atoms with Gasteiger partial charge in [0.2, 0.25) is 0 Å². The van der Waals surface area contributed by atoms with Crippen LogP contribution in [0, 0.1) is 0 Å². The summed E-state index contributed by atoms with van der Waals surface area (Å²) in [6, 6.07) is 19.8. The monoisotopic (exact) mass is 428 g/mol. The molecule has 0 fully saturated rings. The Balaban J connectivity index is 1.69. The lowest BCUT2D eigenvalue weighted by atomic mass is 10.2. The smallest absolute Gasteiger partial charge is 0.261 e. The Hall–Kier alpha value is -2.97. The molecule has 0 saturated carbocycles. The van der Waals surface area contributed by atoms with E-state index < -0.39 is 10.0 Å². The van der Waals surface area contributed by atoms with Crippen molar-refractivity contribution in [1.82, 2.24) is 0 Å². The number of ether oxygens (including phenoxy) is 1. The van der Waals surface area contributed by atoms with Gasteiger partial charge in [0.25, 0.3) is 15.9 Å². The third kappa shape index (κ3) is 5.30. The predicted molar refractivity (Wildman–Crippen MR) is 116 cm³/mol. The number of anilines is 2. The molecule has 0 aliphatic rings. The van der Waals surface area contributed by atoms with Crippen molar-refractivity contribution >= 4 is 39.1 Å². The van der Waals surface area contributed by atoms with Gasteiger partial charge in [-0.25, -0.2) is 8.42 Å². The average molecular weight is 429 g/mol. The summed E-state index contributed by atoms with van der Waals surface area (Å²) >= 11 is 1.62. The maximum absolute atomic E-state index is 12.5. The van der Waals surface area contributed by atoms with Crippen LogP contribution in [0.4, 0.5) is 11.4 Å². The van der Waals surface area contributed by atoms with Crippen LogP contribution < -0.4 is 14.8 Å². The minimum Gasteiger partial charge on any atom is -0.497 e. The molecule has 0 radical (unpaired) electrons. The van der Waals surface area contributed by atoms with E-state index in [2.05, 4.69) is 10.0 Å². The lowest BCUT2D eigenvalue weighted by Crippen LogP contribution is -2.14. The minimum atomic E-state index is -3.77. The van der Waals surface area contributed by atoms with E-state index in [1.54, 1.807) is 36.0 Å². The number of methoxy groups -OCH3 is 1. The molecule has 0 atom stereocenters. The molecule has 3 aromatic carbocycles. The van der Waals surface area contributed by atoms with E-state index in [1.807, 2.05) is 30.5 Å². The van der Waals surface area contributed by atoms with E-state index in [9.17, 15) is 13.2 Å². The fraction of sp³-hybridized carbons (Fsp3) is 0.0952. The molecule has 0 unspecified atom stereocenters. The van der Waals surface area contributed by atoms with E-state index in [-0.39, 0.29) is 10.8 Å². The Bertz CT molecular complexity index is 1080. The van der Waals surface area contributed by atoms with Crippen LogP contribution in [0.3, 0.4) is 0 Å². The molecule has 1 amide bonds. The largest absolute Gasteiger partial charge is 0.497 e. The van der Waals surface area contributed by atoms with Gasteiger partial charge in [0.15, 0.2) is 0 Å². The molecular weight excluding hydrogens is 408 g/mol. The van der Waals surface area contributed by atoms with Crippen molar-refractivity contribution in [3.05, 3.63) is 78.4 Å². The number of carbonyl (C=O) groups is 1. The fourth-order valence-corrected chi connectivity index (χ4v) is 4.00. The Morgan fingerprint density at radius 1 is 0.862 bits per heavy atom. The first-order chi connectivity index (χ1) is 13.9. The molecule has 0 heterocycles. The minimum absolute atomic E-state index is 0.0641. The molecule has 2 N–H and O–H groups in total. The first-order valence-electron chi connectivity index (χ1n) is 8.63. The first-order valence-corrected chi connectivity index (χ1v) is 11.3. The van der Waals surface area contributed by atoms with E-state index in [4.69, 9.17) is 4.74 Å². The number of hydrogen-bond acceptors (Lipinski definition) is 5. The van der Waals surface area contributed by atoms with Crippen molar-refractivity contribution in [2.24, 2.45) is 0 Å². The molecule has 0 spiro atoms. The highest BCUT2D eigenvalue weighted by molar-refractivity contribution is 7.98. The molecule has 0 aliphatic carbocycles. The Kier molecular flexibility index (Phi) is 6.46. The van der Waals surface area contributed by atoms with Gasteiger partial charge in [-0.1, -0.05) is 0 Å². The summed E-state index contributed by atoms with van der Waals surface area (Å²) in [5.74, 6) is 0.320. The highest BCUT2D eigenvalue weighted by atomic mass is 32.2. The summed E-state index contributed by atoms with van der Waals surface area (Å²) in [5, 5.41) is 2.79. The zero-order chi connectivity index (χ0) is 20.9. The number of amides is 1. The first kappa shape index (κ1) is 20.8. The van der Waals surface area contributed by atoms with Gasteiger partial charge in [-0.2, -0.15) is 0 Å². The van der Waals surface area contributed by atoms with Gasteiger partial charge in [-0.05, 0) is 79.1 Å². The van der Waals surface area contributed by atoms with Gasteiger partial charge in [0.1, 0.15) is 5.75 Å². The van der Waals surface area contributed by atoms with Crippen LogP contribution in [0.25, 0.3) is 0 Å². The van der Waals surface area contributed by atoms with Gasteiger partial charge >= 0.3 is 0 Å². The highest BCUT2D eigenvalue weighted by Crippen LogP contribution is 2.21. The van der Waals surface area contributed by atoms with Crippen molar-refractivity contribution in [2.75, 3.05) is 23.4 Å². The summed E-state index contributed by atoms with van der Waals surface area (Å²) < 4.78 is 32.6. The van der Waals surface area contributed by atoms with Crippen molar-refractivity contribution in [2.45, 2.75) is 9.79 Å². The Morgan fingerprint density at radius 2 is 1.45 bits per heavy atom. The van der Waals surface area contributed by atoms with Crippen LogP contribution in [0.5, 0.6) is 5.75 Å². The number of sulfonamides is 1. The number of rotatable bonds is 7. The molecule has 3 aromatic rings. The summed E-state index contributed by atoms with van der Waals surface area (Å²) in [6.45, 7) is 0. The van der Waals surface area contributed by atoms with E-state index >= 15 is 0 Å². The average Bonchev–Trinajstić information content (AvgIpc) is 2.74. The van der Waals surface area contributed by atoms with E-state index in [1.165, 1.54) is 31.4 Å². The van der Waals surface area contributed by atoms with Crippen molar-refractivity contribution < 1.29 is 17.9 Å². The lowest BCUT2D eigenvalue weighted by molar-refractivity contribution is 0.102. The van der Waals surface area contributed by atoms with Crippen LogP contribution in [0.15, 0.2) is 82.6 Å². The number of carbonyl (C=O) groups excluding carboxylic acids is 1. The standard InChI is InChI=1S/C21H20N2O4S2/c1-27-18-9-5-17(6-10-18)23-29(25,26)20-13-3-15(4-14-20)21(24)22-16-7-11-19(28-2)12-8-16/h3-14,23H,1-2H3,(H,22,24). The summed E-state index contributed by atoms with van der Waals surface area (Å²) in [7, 11) is -2.23. The van der Waals surface area contributed by atoms with E-state index in [0.717, 1.165) is 4.90 Å². The SMILES string of the molecule is COc1ccc(NS(=O)(=O)c2ccc(C(=O)Nc3ccc(SC)cc3)cc2)cc1. The molecule has 0 saturated heterocycles. The summed E-state index contributed by atoms with van der Waals surface area (Å²) in [5.41, 5.74) is 1.45. The Morgan fingerprint density at radius 3 is 2.00 bits per heavy atom. The second-order valence-electron chi connectivity index (χ2n) is 6.04. The van der Waals surface area contributed by atoms with Crippen LogP contribution in [0.1, 0.15) is 10.4 Å². The van der Waals surface area contributed by atoms with Crippen LogP contribution >= 0.6 is 11.8 Å². The zero-order valence-corrected chi connectivity index (χ0v) is 17.5. The third-order valence-electron chi connectivity index (χ3n) is 4.12. The van der Waals surface area contributed by atoms with E-state index in [0.29, 0.717) is 22.7 Å². The molecule has 6 nitrogen and oxygen atoms in total. The second kappa shape index (κ2) is 9.02. The molecule has 3 rings (SSSR count). The summed E-state index contributed by atoms with van der Waals surface area (Å²) in [4.78, 5) is 13.6.